The van der Waals surface area contributed by atoms with Crippen LogP contribution in [-0.4, -0.2) is 24.1 Å². The predicted molar refractivity (Wildman–Crippen MR) is 69.1 cm³/mol. The fourth-order valence-electron chi connectivity index (χ4n) is 2.48. The molecule has 88 valence electrons. The van der Waals surface area contributed by atoms with E-state index in [-0.39, 0.29) is 0 Å². The van der Waals surface area contributed by atoms with Gasteiger partial charge in [0.25, 0.3) is 0 Å². The minimum atomic E-state index is 0.719. The van der Waals surface area contributed by atoms with E-state index >= 15 is 0 Å². The third kappa shape index (κ3) is 2.29. The maximum Gasteiger partial charge on any atom is 0.127 e. The first-order chi connectivity index (χ1) is 7.85. The topological polar surface area (TPSA) is 28.2 Å². The number of pyridine rings is 1. The SMILES string of the molecule is CCNc1cc(N2CCCC2CC)ccn1. The van der Waals surface area contributed by atoms with E-state index < -0.39 is 0 Å². The van der Waals surface area contributed by atoms with Gasteiger partial charge in [-0.05, 0) is 32.3 Å². The van der Waals surface area contributed by atoms with E-state index in [2.05, 4.69) is 41.2 Å². The molecular weight excluding hydrogens is 198 g/mol. The summed E-state index contributed by atoms with van der Waals surface area (Å²) < 4.78 is 0. The second-order valence-electron chi connectivity index (χ2n) is 4.33. The molecule has 1 aliphatic rings. The van der Waals surface area contributed by atoms with E-state index in [1.165, 1.54) is 31.5 Å². The summed E-state index contributed by atoms with van der Waals surface area (Å²) in [6.07, 6.45) is 5.78. The lowest BCUT2D eigenvalue weighted by atomic mass is 10.1. The molecule has 2 rings (SSSR count). The van der Waals surface area contributed by atoms with Crippen molar-refractivity contribution < 1.29 is 0 Å². The van der Waals surface area contributed by atoms with E-state index in [4.69, 9.17) is 0 Å². The molecule has 1 aliphatic heterocycles. The quantitative estimate of drug-likeness (QED) is 0.844. The van der Waals surface area contributed by atoms with Crippen LogP contribution in [0, 0.1) is 0 Å². The van der Waals surface area contributed by atoms with Gasteiger partial charge >= 0.3 is 0 Å². The highest BCUT2D eigenvalue weighted by Crippen LogP contribution is 2.27. The number of aromatic nitrogens is 1. The fraction of sp³-hybridized carbons (Fsp3) is 0.615. The first kappa shape index (κ1) is 11.2. The molecule has 2 heterocycles. The third-order valence-corrected chi connectivity index (χ3v) is 3.28. The largest absolute Gasteiger partial charge is 0.370 e. The second-order valence-corrected chi connectivity index (χ2v) is 4.33. The molecule has 1 aromatic heterocycles. The highest BCUT2D eigenvalue weighted by Gasteiger charge is 2.23. The van der Waals surface area contributed by atoms with Crippen molar-refractivity contribution in [2.24, 2.45) is 0 Å². The summed E-state index contributed by atoms with van der Waals surface area (Å²) in [4.78, 5) is 6.83. The van der Waals surface area contributed by atoms with Crippen LogP contribution in [-0.2, 0) is 0 Å². The van der Waals surface area contributed by atoms with Crippen molar-refractivity contribution in [2.45, 2.75) is 39.2 Å². The van der Waals surface area contributed by atoms with Crippen molar-refractivity contribution in [2.75, 3.05) is 23.3 Å². The van der Waals surface area contributed by atoms with E-state index in [1.54, 1.807) is 0 Å². The molecule has 1 N–H and O–H groups in total. The fourth-order valence-corrected chi connectivity index (χ4v) is 2.48. The number of nitrogens with one attached hydrogen (secondary N) is 1. The molecule has 3 heteroatoms. The number of rotatable bonds is 4. The van der Waals surface area contributed by atoms with Gasteiger partial charge in [-0.15, -0.1) is 0 Å². The number of hydrogen-bond acceptors (Lipinski definition) is 3. The van der Waals surface area contributed by atoms with E-state index in [0.717, 1.165) is 18.4 Å². The summed E-state index contributed by atoms with van der Waals surface area (Å²) in [5, 5.41) is 3.27. The molecule has 1 unspecified atom stereocenters. The van der Waals surface area contributed by atoms with Gasteiger partial charge in [0.2, 0.25) is 0 Å². The van der Waals surface area contributed by atoms with Gasteiger partial charge in [0, 0.05) is 37.1 Å². The zero-order valence-electron chi connectivity index (χ0n) is 10.2. The normalized spacial score (nSPS) is 20.1. The Bertz CT molecular complexity index is 338. The molecule has 1 aromatic rings. The molecule has 3 nitrogen and oxygen atoms in total. The van der Waals surface area contributed by atoms with Gasteiger partial charge < -0.3 is 10.2 Å². The molecule has 0 amide bonds. The van der Waals surface area contributed by atoms with Crippen molar-refractivity contribution in [3.05, 3.63) is 18.3 Å². The summed E-state index contributed by atoms with van der Waals surface area (Å²) in [6, 6.07) is 5.00. The van der Waals surface area contributed by atoms with Crippen molar-refractivity contribution in [3.63, 3.8) is 0 Å². The van der Waals surface area contributed by atoms with Crippen LogP contribution in [0.5, 0.6) is 0 Å². The van der Waals surface area contributed by atoms with E-state index in [0.29, 0.717) is 0 Å². The second kappa shape index (κ2) is 5.19. The highest BCUT2D eigenvalue weighted by atomic mass is 15.2. The van der Waals surface area contributed by atoms with Crippen LogP contribution in [0.15, 0.2) is 18.3 Å². The van der Waals surface area contributed by atoms with Gasteiger partial charge in [-0.2, -0.15) is 0 Å². The van der Waals surface area contributed by atoms with Crippen LogP contribution in [0.25, 0.3) is 0 Å². The van der Waals surface area contributed by atoms with Crippen molar-refractivity contribution in [1.29, 1.82) is 0 Å². The average molecular weight is 219 g/mol. The monoisotopic (exact) mass is 219 g/mol. The van der Waals surface area contributed by atoms with Gasteiger partial charge in [-0.25, -0.2) is 4.98 Å². The summed E-state index contributed by atoms with van der Waals surface area (Å²) in [5.74, 6) is 0.988. The van der Waals surface area contributed by atoms with Gasteiger partial charge in [0.15, 0.2) is 0 Å². The highest BCUT2D eigenvalue weighted by molar-refractivity contribution is 5.55. The predicted octanol–water partition coefficient (Wildman–Crippen LogP) is 2.89. The minimum absolute atomic E-state index is 0.719. The summed E-state index contributed by atoms with van der Waals surface area (Å²) in [5.41, 5.74) is 1.32. The smallest absolute Gasteiger partial charge is 0.127 e. The molecular formula is C13H21N3. The molecule has 0 aromatic carbocycles. The maximum atomic E-state index is 4.31. The molecule has 1 fully saturated rings. The van der Waals surface area contributed by atoms with Crippen molar-refractivity contribution >= 4 is 11.5 Å². The Balaban J connectivity index is 2.16. The Hall–Kier alpha value is -1.25. The van der Waals surface area contributed by atoms with Gasteiger partial charge in [-0.1, -0.05) is 6.92 Å². The van der Waals surface area contributed by atoms with Gasteiger partial charge in [0.1, 0.15) is 5.82 Å². The Morgan fingerprint density at radius 1 is 1.50 bits per heavy atom. The maximum absolute atomic E-state index is 4.31. The van der Waals surface area contributed by atoms with Gasteiger partial charge in [0.05, 0.1) is 0 Å². The van der Waals surface area contributed by atoms with Crippen LogP contribution in [0.1, 0.15) is 33.1 Å². The van der Waals surface area contributed by atoms with Crippen LogP contribution >= 0.6 is 0 Å². The van der Waals surface area contributed by atoms with E-state index in [1.807, 2.05) is 6.20 Å². The zero-order chi connectivity index (χ0) is 11.4. The average Bonchev–Trinajstić information content (AvgIpc) is 2.78. The van der Waals surface area contributed by atoms with Crippen LogP contribution in [0.3, 0.4) is 0 Å². The third-order valence-electron chi connectivity index (χ3n) is 3.28. The lowest BCUT2D eigenvalue weighted by Crippen LogP contribution is -2.28. The Labute approximate surface area is 97.9 Å². The number of nitrogens with zero attached hydrogens (tertiary/aromatic N) is 2. The van der Waals surface area contributed by atoms with Crippen molar-refractivity contribution in [3.8, 4) is 0 Å². The van der Waals surface area contributed by atoms with E-state index in [9.17, 15) is 0 Å². The van der Waals surface area contributed by atoms with Crippen LogP contribution < -0.4 is 10.2 Å². The molecule has 1 saturated heterocycles. The molecule has 0 radical (unpaired) electrons. The lowest BCUT2D eigenvalue weighted by molar-refractivity contribution is 0.645. The molecule has 0 bridgehead atoms. The molecule has 0 saturated carbocycles. The first-order valence-corrected chi connectivity index (χ1v) is 6.31. The standard InChI is InChI=1S/C13H21N3/c1-3-11-6-5-9-16(11)12-7-8-15-13(10-12)14-4-2/h7-8,10-11H,3-6,9H2,1-2H3,(H,14,15). The molecule has 1 atom stereocenters. The lowest BCUT2D eigenvalue weighted by Gasteiger charge is -2.26. The van der Waals surface area contributed by atoms with Crippen LogP contribution in [0.4, 0.5) is 11.5 Å². The van der Waals surface area contributed by atoms with Gasteiger partial charge in [-0.3, -0.25) is 0 Å². The Kier molecular flexibility index (Phi) is 3.65. The molecule has 16 heavy (non-hydrogen) atoms. The molecule has 0 spiro atoms. The zero-order valence-corrected chi connectivity index (χ0v) is 10.2. The Morgan fingerprint density at radius 2 is 2.38 bits per heavy atom. The van der Waals surface area contributed by atoms with Crippen molar-refractivity contribution in [1.82, 2.24) is 4.98 Å². The number of anilines is 2. The summed E-state index contributed by atoms with van der Waals surface area (Å²) >= 11 is 0. The minimum Gasteiger partial charge on any atom is -0.370 e. The Morgan fingerprint density at radius 3 is 3.12 bits per heavy atom. The molecule has 0 aliphatic carbocycles. The summed E-state index contributed by atoms with van der Waals surface area (Å²) in [7, 11) is 0. The first-order valence-electron chi connectivity index (χ1n) is 6.31. The van der Waals surface area contributed by atoms with Crippen LogP contribution in [0.2, 0.25) is 0 Å². The number of hydrogen-bond donors (Lipinski definition) is 1. The summed E-state index contributed by atoms with van der Waals surface area (Å²) in [6.45, 7) is 6.48.